The first-order valence-corrected chi connectivity index (χ1v) is 11.5. The lowest BCUT2D eigenvalue weighted by Gasteiger charge is -2.05. The summed E-state index contributed by atoms with van der Waals surface area (Å²) in [7, 11) is -3.34. The van der Waals surface area contributed by atoms with Gasteiger partial charge in [-0.3, -0.25) is 9.52 Å². The first-order chi connectivity index (χ1) is 12.7. The lowest BCUT2D eigenvalue weighted by molar-refractivity contribution is -0.113. The van der Waals surface area contributed by atoms with Gasteiger partial charge in [0.1, 0.15) is 5.82 Å². The van der Waals surface area contributed by atoms with Gasteiger partial charge in [-0.2, -0.15) is 0 Å². The summed E-state index contributed by atoms with van der Waals surface area (Å²) in [5, 5.41) is 2.72. The molecule has 0 radical (unpaired) electrons. The molecule has 0 aliphatic heterocycles. The summed E-state index contributed by atoms with van der Waals surface area (Å²) in [6.45, 7) is 1.63. The van der Waals surface area contributed by atoms with Crippen molar-refractivity contribution in [1.29, 1.82) is 0 Å². The maximum absolute atomic E-state index is 13.3. The summed E-state index contributed by atoms with van der Waals surface area (Å²) >= 11 is 2.66. The number of amides is 1. The molecule has 0 spiro atoms. The van der Waals surface area contributed by atoms with Crippen molar-refractivity contribution in [3.63, 3.8) is 0 Å². The number of aryl methyl sites for hydroxylation is 1. The summed E-state index contributed by atoms with van der Waals surface area (Å²) in [6, 6.07) is 9.48. The van der Waals surface area contributed by atoms with E-state index in [-0.39, 0.29) is 17.5 Å². The molecule has 0 unspecified atom stereocenters. The van der Waals surface area contributed by atoms with E-state index in [0.29, 0.717) is 21.3 Å². The predicted octanol–water partition coefficient (Wildman–Crippen LogP) is 3.85. The Morgan fingerprint density at radius 3 is 2.67 bits per heavy atom. The van der Waals surface area contributed by atoms with Crippen LogP contribution in [0.3, 0.4) is 0 Å². The minimum Gasteiger partial charge on any atom is -0.325 e. The Balaban J connectivity index is 1.64. The second-order valence-corrected chi connectivity index (χ2v) is 9.84. The highest BCUT2D eigenvalue weighted by atomic mass is 32.2. The summed E-state index contributed by atoms with van der Waals surface area (Å²) in [5.74, 6) is -0.378. The maximum atomic E-state index is 13.3. The van der Waals surface area contributed by atoms with E-state index >= 15 is 0 Å². The van der Waals surface area contributed by atoms with Crippen molar-refractivity contribution in [3.05, 3.63) is 47.8 Å². The number of thiazole rings is 1. The number of carbonyl (C=O) groups is 1. The quantitative estimate of drug-likeness (QED) is 0.586. The second kappa shape index (κ2) is 7.83. The van der Waals surface area contributed by atoms with Crippen molar-refractivity contribution in [3.8, 4) is 0 Å². The van der Waals surface area contributed by atoms with Gasteiger partial charge in [0.2, 0.25) is 15.9 Å². The van der Waals surface area contributed by atoms with Gasteiger partial charge in [-0.05, 0) is 48.9 Å². The number of hydrogen-bond donors (Lipinski definition) is 2. The molecule has 1 aromatic heterocycles. The Morgan fingerprint density at radius 1 is 1.22 bits per heavy atom. The third-order valence-electron chi connectivity index (χ3n) is 3.44. The molecule has 0 aliphatic carbocycles. The molecule has 3 aromatic rings. The molecule has 0 saturated carbocycles. The van der Waals surface area contributed by atoms with Gasteiger partial charge in [-0.15, -0.1) is 11.3 Å². The minimum absolute atomic E-state index is 0.157. The SMILES string of the molecule is Cc1cc(NC(=O)CSc2nc3ccc(NS(C)(=O)=O)cc3s2)ccc1F. The number of nitrogens with one attached hydrogen (secondary N) is 2. The first kappa shape index (κ1) is 19.6. The number of carbonyl (C=O) groups excluding carboxylic acids is 1. The lowest BCUT2D eigenvalue weighted by atomic mass is 10.2. The molecule has 27 heavy (non-hydrogen) atoms. The first-order valence-electron chi connectivity index (χ1n) is 7.77. The van der Waals surface area contributed by atoms with Gasteiger partial charge in [-0.1, -0.05) is 11.8 Å². The Kier molecular flexibility index (Phi) is 5.68. The van der Waals surface area contributed by atoms with Crippen molar-refractivity contribution in [1.82, 2.24) is 4.98 Å². The molecule has 0 fully saturated rings. The van der Waals surface area contributed by atoms with Gasteiger partial charge >= 0.3 is 0 Å². The number of nitrogens with zero attached hydrogens (tertiary/aromatic N) is 1. The van der Waals surface area contributed by atoms with Crippen molar-refractivity contribution in [2.45, 2.75) is 11.3 Å². The van der Waals surface area contributed by atoms with Crippen LogP contribution >= 0.6 is 23.1 Å². The number of hydrogen-bond acceptors (Lipinski definition) is 6. The molecule has 1 amide bonds. The van der Waals surface area contributed by atoms with Gasteiger partial charge < -0.3 is 5.32 Å². The van der Waals surface area contributed by atoms with E-state index in [9.17, 15) is 17.6 Å². The number of thioether (sulfide) groups is 1. The monoisotopic (exact) mass is 425 g/mol. The molecule has 2 N–H and O–H groups in total. The Hall–Kier alpha value is -2.17. The number of rotatable bonds is 6. The van der Waals surface area contributed by atoms with Crippen LogP contribution in [-0.2, 0) is 14.8 Å². The molecular weight excluding hydrogens is 409 g/mol. The highest BCUT2D eigenvalue weighted by Gasteiger charge is 2.10. The van der Waals surface area contributed by atoms with Crippen molar-refractivity contribution < 1.29 is 17.6 Å². The van der Waals surface area contributed by atoms with Gasteiger partial charge in [-0.25, -0.2) is 17.8 Å². The fourth-order valence-electron chi connectivity index (χ4n) is 2.29. The van der Waals surface area contributed by atoms with Gasteiger partial charge in [0, 0.05) is 5.69 Å². The zero-order chi connectivity index (χ0) is 19.6. The van der Waals surface area contributed by atoms with Crippen molar-refractivity contribution in [2.24, 2.45) is 0 Å². The van der Waals surface area contributed by atoms with E-state index < -0.39 is 10.0 Å². The van der Waals surface area contributed by atoms with Crippen molar-refractivity contribution >= 4 is 60.6 Å². The Morgan fingerprint density at radius 2 is 1.96 bits per heavy atom. The average molecular weight is 426 g/mol. The average Bonchev–Trinajstić information content (AvgIpc) is 2.97. The number of fused-ring (bicyclic) bond motifs is 1. The largest absolute Gasteiger partial charge is 0.325 e. The highest BCUT2D eigenvalue weighted by molar-refractivity contribution is 8.01. The summed E-state index contributed by atoms with van der Waals surface area (Å²) in [5.41, 5.74) is 2.20. The van der Waals surface area contributed by atoms with Crippen LogP contribution in [0.2, 0.25) is 0 Å². The number of anilines is 2. The molecule has 0 aliphatic rings. The van der Waals surface area contributed by atoms with E-state index in [0.717, 1.165) is 16.5 Å². The molecule has 0 atom stereocenters. The fourth-order valence-corrected chi connectivity index (χ4v) is 4.75. The number of benzene rings is 2. The number of sulfonamides is 1. The number of halogens is 1. The molecule has 3 rings (SSSR count). The summed E-state index contributed by atoms with van der Waals surface area (Å²) in [4.78, 5) is 16.5. The van der Waals surface area contributed by atoms with E-state index in [1.54, 1.807) is 31.2 Å². The van der Waals surface area contributed by atoms with Crippen LogP contribution in [0.25, 0.3) is 10.2 Å². The van der Waals surface area contributed by atoms with Crippen LogP contribution in [0.5, 0.6) is 0 Å². The Labute approximate surface area is 164 Å². The minimum atomic E-state index is -3.34. The van der Waals surface area contributed by atoms with Crippen LogP contribution in [0.1, 0.15) is 5.56 Å². The third kappa shape index (κ3) is 5.41. The molecule has 10 heteroatoms. The van der Waals surface area contributed by atoms with Crippen LogP contribution in [0.4, 0.5) is 15.8 Å². The molecule has 2 aromatic carbocycles. The maximum Gasteiger partial charge on any atom is 0.234 e. The molecule has 0 bridgehead atoms. The normalized spacial score (nSPS) is 11.5. The van der Waals surface area contributed by atoms with Gasteiger partial charge in [0.25, 0.3) is 0 Å². The molecule has 142 valence electrons. The smallest absolute Gasteiger partial charge is 0.234 e. The summed E-state index contributed by atoms with van der Waals surface area (Å²) in [6.07, 6.45) is 1.09. The molecule has 1 heterocycles. The van der Waals surface area contributed by atoms with Gasteiger partial charge in [0.05, 0.1) is 27.9 Å². The zero-order valence-electron chi connectivity index (χ0n) is 14.4. The van der Waals surface area contributed by atoms with E-state index in [4.69, 9.17) is 0 Å². The van der Waals surface area contributed by atoms with Crippen LogP contribution < -0.4 is 10.0 Å². The number of aromatic nitrogens is 1. The summed E-state index contributed by atoms with van der Waals surface area (Å²) < 4.78 is 39.8. The Bertz CT molecular complexity index is 1110. The lowest BCUT2D eigenvalue weighted by Crippen LogP contribution is -2.14. The van der Waals surface area contributed by atoms with Gasteiger partial charge in [0.15, 0.2) is 4.34 Å². The molecule has 0 saturated heterocycles. The fraction of sp³-hybridized carbons (Fsp3) is 0.176. The predicted molar refractivity (Wildman–Crippen MR) is 109 cm³/mol. The highest BCUT2D eigenvalue weighted by Crippen LogP contribution is 2.31. The van der Waals surface area contributed by atoms with Crippen LogP contribution in [0.15, 0.2) is 40.7 Å². The molecule has 6 nitrogen and oxygen atoms in total. The van der Waals surface area contributed by atoms with Crippen LogP contribution in [0, 0.1) is 12.7 Å². The topological polar surface area (TPSA) is 88.2 Å². The van der Waals surface area contributed by atoms with Crippen LogP contribution in [-0.4, -0.2) is 31.3 Å². The van der Waals surface area contributed by atoms with E-state index in [1.165, 1.54) is 35.2 Å². The third-order valence-corrected chi connectivity index (χ3v) is 6.21. The van der Waals surface area contributed by atoms with E-state index in [1.807, 2.05) is 0 Å². The van der Waals surface area contributed by atoms with E-state index in [2.05, 4.69) is 15.0 Å². The second-order valence-electron chi connectivity index (χ2n) is 5.84. The standard InChI is InChI=1S/C17H16FN3O3S3/c1-10-7-11(3-5-13(10)18)19-16(22)9-25-17-20-14-6-4-12(8-15(14)26-17)21-27(2,23)24/h3-8,21H,9H2,1-2H3,(H,19,22). The van der Waals surface area contributed by atoms with Crippen molar-refractivity contribution in [2.75, 3.05) is 22.0 Å². The zero-order valence-corrected chi connectivity index (χ0v) is 16.9. The molecular formula is C17H16FN3O3S3.